The molecule has 0 radical (unpaired) electrons. The molecule has 3 aliphatic heterocycles. The molecule has 0 fully saturated rings. The molecule has 8 amide bonds. The molecular formula is C64H73FN10O14. The fraction of sp³-hybridized carbons (Fsp3) is 0.422. The Hall–Kier alpha value is -9.36. The van der Waals surface area contributed by atoms with Crippen LogP contribution in [0, 0.1) is 12.7 Å². The van der Waals surface area contributed by atoms with E-state index in [2.05, 4.69) is 26.6 Å². The molecule has 1 aliphatic carbocycles. The second-order valence-corrected chi connectivity index (χ2v) is 22.7. The number of halogens is 1. The molecular weight excluding hydrogens is 1150 g/mol. The number of carbonyl (C=O) groups is 9. The highest BCUT2D eigenvalue weighted by Crippen LogP contribution is 2.47. The minimum absolute atomic E-state index is 0.0262. The van der Waals surface area contributed by atoms with Gasteiger partial charge in [-0.2, -0.15) is 0 Å². The Kier molecular flexibility index (Phi) is 20.3. The Morgan fingerprint density at radius 2 is 1.56 bits per heavy atom. The standard InChI is InChI=1S/C64H73FN10O14/c1-5-64(87)44-29-49-59-42(34-75(49)61(84)43(44)36-88-62(64)85)58-48(23-22-41-37(2)45(65)30-46(71-59)57(41)58)73(4)54(80)17-11-13-26-72(3)63(86)89-35-39-18-20-40(21-19-39)69-52(78)33-68-60(83)47(28-38-14-8-6-9-15-38)70-53(79)32-67-51(77)31-66-50(76)16-10-7-12-27-74-55(81)24-25-56(74)82/h6,8-9,14-15,18-21,24-25,29-30,47-48,55,81,87H,5,7,10-13,16-17,22-23,26-28,31-36H2,1-4H3,(H,66,76)(H,67,77)(H,68,83)(H,69,78)(H,70,79)/t47-,48-,55?,64-/m0/s1. The van der Waals surface area contributed by atoms with E-state index < -0.39 is 84.1 Å². The number of fused-ring (bicyclic) bond motifs is 5. The molecule has 7 N–H and O–H groups in total. The van der Waals surface area contributed by atoms with Crippen molar-refractivity contribution in [2.24, 2.45) is 0 Å². The molecule has 89 heavy (non-hydrogen) atoms. The maximum absolute atomic E-state index is 15.5. The van der Waals surface area contributed by atoms with Gasteiger partial charge in [0.25, 0.3) is 5.56 Å². The van der Waals surface area contributed by atoms with Crippen LogP contribution in [0.1, 0.15) is 115 Å². The van der Waals surface area contributed by atoms with Gasteiger partial charge in [-0.15, -0.1) is 0 Å². The molecule has 2 aromatic heterocycles. The maximum Gasteiger partial charge on any atom is 0.409 e. The zero-order valence-electron chi connectivity index (χ0n) is 50.1. The van der Waals surface area contributed by atoms with E-state index >= 15 is 4.39 Å². The van der Waals surface area contributed by atoms with E-state index in [9.17, 15) is 58.2 Å². The third-order valence-corrected chi connectivity index (χ3v) is 16.8. The van der Waals surface area contributed by atoms with E-state index in [4.69, 9.17) is 14.5 Å². The molecule has 4 atom stereocenters. The number of nitrogens with one attached hydrogen (secondary N) is 5. The summed E-state index contributed by atoms with van der Waals surface area (Å²) in [7, 11) is 3.32. The number of pyridine rings is 2. The lowest BCUT2D eigenvalue weighted by molar-refractivity contribution is -0.172. The average molecular weight is 1230 g/mol. The molecule has 0 saturated heterocycles. The van der Waals surface area contributed by atoms with Crippen molar-refractivity contribution in [1.29, 1.82) is 0 Å². The number of aryl methyl sites for hydroxylation is 1. The number of hydrogen-bond acceptors (Lipinski definition) is 15. The van der Waals surface area contributed by atoms with Crippen LogP contribution in [-0.2, 0) is 86.0 Å². The van der Waals surface area contributed by atoms with Crippen molar-refractivity contribution >= 4 is 70.0 Å². The van der Waals surface area contributed by atoms with E-state index in [0.29, 0.717) is 97.3 Å². The van der Waals surface area contributed by atoms with Crippen molar-refractivity contribution < 1.29 is 67.2 Å². The number of cyclic esters (lactones) is 1. The quantitative estimate of drug-likeness (QED) is 0.0301. The number of amides is 8. The predicted molar refractivity (Wildman–Crippen MR) is 321 cm³/mol. The Balaban J connectivity index is 0.696. The van der Waals surface area contributed by atoms with Crippen LogP contribution in [0.15, 0.2) is 83.7 Å². The minimum atomic E-state index is -2.03. The lowest BCUT2D eigenvalue weighted by atomic mass is 9.81. The van der Waals surface area contributed by atoms with Crippen molar-refractivity contribution in [2.45, 2.75) is 128 Å². The summed E-state index contributed by atoms with van der Waals surface area (Å²) in [5.41, 5.74) is 3.56. The number of aromatic nitrogens is 2. The van der Waals surface area contributed by atoms with Crippen LogP contribution in [0.2, 0.25) is 0 Å². The number of esters is 1. The molecule has 24 nitrogen and oxygen atoms in total. The highest BCUT2D eigenvalue weighted by Gasteiger charge is 2.46. The van der Waals surface area contributed by atoms with E-state index in [-0.39, 0.29) is 80.8 Å². The Bertz CT molecular complexity index is 3690. The normalized spacial score (nSPS) is 17.2. The molecule has 5 heterocycles. The van der Waals surface area contributed by atoms with Gasteiger partial charge >= 0.3 is 12.1 Å². The fourth-order valence-corrected chi connectivity index (χ4v) is 11.7. The van der Waals surface area contributed by atoms with Crippen molar-refractivity contribution in [2.75, 3.05) is 52.1 Å². The van der Waals surface area contributed by atoms with Crippen molar-refractivity contribution in [3.63, 3.8) is 0 Å². The van der Waals surface area contributed by atoms with Gasteiger partial charge in [0.2, 0.25) is 41.4 Å². The second-order valence-electron chi connectivity index (χ2n) is 22.7. The van der Waals surface area contributed by atoms with Gasteiger partial charge in [0, 0.05) is 80.8 Å². The van der Waals surface area contributed by atoms with Crippen molar-refractivity contribution in [3.8, 4) is 11.4 Å². The third-order valence-electron chi connectivity index (χ3n) is 16.8. The van der Waals surface area contributed by atoms with Gasteiger partial charge in [0.05, 0.1) is 54.7 Å². The summed E-state index contributed by atoms with van der Waals surface area (Å²) in [5.74, 6) is -4.60. The predicted octanol–water partition coefficient (Wildman–Crippen LogP) is 3.70. The number of ether oxygens (including phenoxy) is 2. The molecule has 0 bridgehead atoms. The van der Waals surface area contributed by atoms with Gasteiger partial charge in [0.1, 0.15) is 31.3 Å². The maximum atomic E-state index is 15.5. The van der Waals surface area contributed by atoms with E-state index in [1.165, 1.54) is 32.6 Å². The van der Waals surface area contributed by atoms with E-state index in [1.54, 1.807) is 93.5 Å². The fourth-order valence-electron chi connectivity index (χ4n) is 11.7. The van der Waals surface area contributed by atoms with Crippen LogP contribution >= 0.6 is 0 Å². The topological polar surface area (TPSA) is 317 Å². The lowest BCUT2D eigenvalue weighted by Gasteiger charge is -2.35. The van der Waals surface area contributed by atoms with Crippen LogP contribution in [0.4, 0.5) is 14.9 Å². The molecule has 1 unspecified atom stereocenters. The Morgan fingerprint density at radius 1 is 0.843 bits per heavy atom. The van der Waals surface area contributed by atoms with Crippen LogP contribution in [0.5, 0.6) is 0 Å². The lowest BCUT2D eigenvalue weighted by Crippen LogP contribution is -2.52. The van der Waals surface area contributed by atoms with Gasteiger partial charge in [0.15, 0.2) is 5.60 Å². The molecule has 3 aromatic carbocycles. The highest BCUT2D eigenvalue weighted by atomic mass is 19.1. The first kappa shape index (κ1) is 64.1. The summed E-state index contributed by atoms with van der Waals surface area (Å²) in [6.45, 7) is 2.41. The molecule has 0 spiro atoms. The number of benzene rings is 3. The minimum Gasteiger partial charge on any atom is -0.458 e. The molecule has 470 valence electrons. The van der Waals surface area contributed by atoms with Crippen LogP contribution in [0.3, 0.4) is 0 Å². The molecule has 25 heteroatoms. The molecule has 9 rings (SSSR count). The van der Waals surface area contributed by atoms with Crippen LogP contribution < -0.4 is 32.1 Å². The van der Waals surface area contributed by atoms with Crippen LogP contribution in [-0.4, -0.2) is 147 Å². The summed E-state index contributed by atoms with van der Waals surface area (Å²) in [4.78, 5) is 139. The van der Waals surface area contributed by atoms with Crippen molar-refractivity contribution in [3.05, 3.63) is 140 Å². The number of nitrogens with zero attached hydrogens (tertiary/aromatic N) is 5. The highest BCUT2D eigenvalue weighted by molar-refractivity contribution is 5.97. The third kappa shape index (κ3) is 14.6. The monoisotopic (exact) mass is 1220 g/mol. The number of unbranched alkanes of at least 4 members (excludes halogenated alkanes) is 3. The Morgan fingerprint density at radius 3 is 2.29 bits per heavy atom. The number of hydrogen-bond donors (Lipinski definition) is 7. The largest absolute Gasteiger partial charge is 0.458 e. The van der Waals surface area contributed by atoms with Gasteiger partial charge in [-0.25, -0.2) is 19.0 Å². The van der Waals surface area contributed by atoms with Crippen LogP contribution in [0.25, 0.3) is 22.3 Å². The van der Waals surface area contributed by atoms with Gasteiger partial charge in [-0.05, 0) is 104 Å². The number of carbonyl (C=O) groups excluding carboxylic acids is 9. The second kappa shape index (κ2) is 28.2. The SMILES string of the molecule is CC[C@@]1(O)C(=O)OCc2c1cc1n(c2=O)Cc2c-1nc1cc(F)c(C)c3c1c2[C@@H](N(C)C(=O)CCCCN(C)C(=O)OCc1ccc(NC(=O)CNC(=O)[C@H](Cc2ccccc2)NC(=O)CNC(=O)CNC(=O)CCCCCN2C(=O)C=CC2O)cc1)CC3. The van der Waals surface area contributed by atoms with Gasteiger partial charge in [-0.1, -0.05) is 55.8 Å². The first-order chi connectivity index (χ1) is 42.6. The number of anilines is 1. The van der Waals surface area contributed by atoms with E-state index in [0.717, 1.165) is 22.1 Å². The number of aliphatic hydroxyl groups excluding tert-OH is 1. The van der Waals surface area contributed by atoms with E-state index in [1.807, 2.05) is 0 Å². The first-order valence-electron chi connectivity index (χ1n) is 29.8. The zero-order chi connectivity index (χ0) is 63.7. The van der Waals surface area contributed by atoms with Gasteiger partial charge < -0.3 is 65.5 Å². The summed E-state index contributed by atoms with van der Waals surface area (Å²) < 4.78 is 27.8. The first-order valence-corrected chi connectivity index (χ1v) is 29.8. The summed E-state index contributed by atoms with van der Waals surface area (Å²) >= 11 is 0. The summed E-state index contributed by atoms with van der Waals surface area (Å²) in [6.07, 6.45) is 5.12. The number of aliphatic hydroxyl groups is 2. The zero-order valence-corrected chi connectivity index (χ0v) is 50.1. The number of rotatable bonds is 26. The Labute approximate surface area is 512 Å². The summed E-state index contributed by atoms with van der Waals surface area (Å²) in [6, 6.07) is 16.8. The summed E-state index contributed by atoms with van der Waals surface area (Å²) in [5, 5.41) is 34.7. The van der Waals surface area contributed by atoms with Crippen molar-refractivity contribution in [1.82, 2.24) is 45.5 Å². The van der Waals surface area contributed by atoms with Gasteiger partial charge in [-0.3, -0.25) is 38.4 Å². The molecule has 5 aromatic rings. The molecule has 4 aliphatic rings. The molecule has 0 saturated carbocycles. The average Bonchev–Trinajstić information content (AvgIpc) is 1.65. The smallest absolute Gasteiger partial charge is 0.409 e.